The van der Waals surface area contributed by atoms with Crippen LogP contribution in [0.5, 0.6) is 5.75 Å². The van der Waals surface area contributed by atoms with E-state index in [0.29, 0.717) is 18.2 Å². The number of benzene rings is 1. The summed E-state index contributed by atoms with van der Waals surface area (Å²) in [7, 11) is -6.00. The Kier molecular flexibility index (Phi) is 4.07. The maximum Gasteiger partial charge on any atom is 0.534 e. The van der Waals surface area contributed by atoms with Crippen molar-refractivity contribution in [2.75, 3.05) is 0 Å². The number of fused-ring (bicyclic) bond motifs is 1. The lowest BCUT2D eigenvalue weighted by atomic mass is 10.1. The van der Waals surface area contributed by atoms with Gasteiger partial charge in [0, 0.05) is 18.4 Å². The van der Waals surface area contributed by atoms with Crippen molar-refractivity contribution >= 4 is 26.9 Å². The van der Waals surface area contributed by atoms with Crippen molar-refractivity contribution in [3.05, 3.63) is 29.5 Å². The summed E-state index contributed by atoms with van der Waals surface area (Å²) in [5, 5.41) is -0.621. The van der Waals surface area contributed by atoms with Gasteiger partial charge in [0.1, 0.15) is 16.9 Å². The molecule has 0 saturated carbocycles. The van der Waals surface area contributed by atoms with Crippen molar-refractivity contribution < 1.29 is 48.2 Å². The highest BCUT2D eigenvalue weighted by atomic mass is 32.2. The molecule has 0 bridgehead atoms. The van der Waals surface area contributed by atoms with Gasteiger partial charge in [0.2, 0.25) is 0 Å². The molecule has 0 saturated heterocycles. The summed E-state index contributed by atoms with van der Waals surface area (Å²) in [6, 6.07) is 1.75. The van der Waals surface area contributed by atoms with Gasteiger partial charge in [-0.1, -0.05) is 0 Å². The van der Waals surface area contributed by atoms with Crippen LogP contribution in [-0.2, 0) is 16.3 Å². The molecule has 0 atom stereocenters. The van der Waals surface area contributed by atoms with Crippen LogP contribution in [0, 0.1) is 0 Å². The van der Waals surface area contributed by atoms with Gasteiger partial charge in [-0.2, -0.15) is 34.8 Å². The third-order valence-electron chi connectivity index (χ3n) is 2.75. The van der Waals surface area contributed by atoms with E-state index in [0.717, 1.165) is 6.92 Å². The molecule has 0 aliphatic carbocycles. The molecule has 0 spiro atoms. The maximum absolute atomic E-state index is 13.0. The molecular weight excluding hydrogens is 370 g/mol. The van der Waals surface area contributed by atoms with Gasteiger partial charge in [0.15, 0.2) is 11.5 Å². The van der Waals surface area contributed by atoms with Crippen LogP contribution in [0.2, 0.25) is 0 Å². The third-order valence-corrected chi connectivity index (χ3v) is 3.73. The Morgan fingerprint density at radius 2 is 1.71 bits per heavy atom. The molecule has 1 aromatic carbocycles. The highest BCUT2D eigenvalue weighted by Gasteiger charge is 2.48. The predicted molar refractivity (Wildman–Crippen MR) is 66.8 cm³/mol. The quantitative estimate of drug-likeness (QED) is 0.352. The summed E-state index contributed by atoms with van der Waals surface area (Å²) in [4.78, 5) is 11.3. The van der Waals surface area contributed by atoms with Gasteiger partial charge in [-0.3, -0.25) is 4.79 Å². The number of halogens is 6. The normalized spacial score (nSPS) is 13.3. The highest BCUT2D eigenvalue weighted by molar-refractivity contribution is 7.88. The molecule has 132 valence electrons. The minimum atomic E-state index is -6.00. The number of furan rings is 1. The summed E-state index contributed by atoms with van der Waals surface area (Å²) in [6.45, 7) is 0.804. The van der Waals surface area contributed by atoms with Crippen molar-refractivity contribution in [3.8, 4) is 5.75 Å². The second-order valence-electron chi connectivity index (χ2n) is 4.50. The minimum absolute atomic E-state index is 0.514. The summed E-state index contributed by atoms with van der Waals surface area (Å²) in [5.74, 6) is -3.03. The first-order valence-electron chi connectivity index (χ1n) is 5.89. The molecule has 5 nitrogen and oxygen atoms in total. The van der Waals surface area contributed by atoms with E-state index < -0.39 is 55.6 Å². The Labute approximate surface area is 129 Å². The van der Waals surface area contributed by atoms with E-state index in [1.54, 1.807) is 0 Å². The molecule has 0 N–H and O–H groups in total. The maximum atomic E-state index is 13.0. The molecule has 2 aromatic rings. The first kappa shape index (κ1) is 18.1. The number of ketones is 1. The zero-order valence-electron chi connectivity index (χ0n) is 11.4. The lowest BCUT2D eigenvalue weighted by molar-refractivity contribution is -0.137. The molecule has 0 unspecified atom stereocenters. The third kappa shape index (κ3) is 3.18. The van der Waals surface area contributed by atoms with Crippen LogP contribution in [0.25, 0.3) is 11.0 Å². The van der Waals surface area contributed by atoms with Gasteiger partial charge in [-0.15, -0.1) is 0 Å². The van der Waals surface area contributed by atoms with Crippen LogP contribution in [0.4, 0.5) is 26.3 Å². The monoisotopic (exact) mass is 376 g/mol. The summed E-state index contributed by atoms with van der Waals surface area (Å²) < 4.78 is 106. The van der Waals surface area contributed by atoms with Gasteiger partial charge in [-0.05, 0) is 12.1 Å². The van der Waals surface area contributed by atoms with Gasteiger partial charge < -0.3 is 8.60 Å². The summed E-state index contributed by atoms with van der Waals surface area (Å²) in [5.41, 5.74) is -7.77. The molecular formula is C12H6F6O5S. The Balaban J connectivity index is 2.60. The number of hydrogen-bond acceptors (Lipinski definition) is 5. The molecule has 1 aromatic heterocycles. The molecule has 12 heteroatoms. The van der Waals surface area contributed by atoms with Crippen molar-refractivity contribution in [1.29, 1.82) is 0 Å². The van der Waals surface area contributed by atoms with Crippen LogP contribution in [-0.4, -0.2) is 19.7 Å². The van der Waals surface area contributed by atoms with Crippen molar-refractivity contribution in [1.82, 2.24) is 0 Å². The van der Waals surface area contributed by atoms with Crippen LogP contribution >= 0.6 is 0 Å². The lowest BCUT2D eigenvalue weighted by Gasteiger charge is -2.09. The van der Waals surface area contributed by atoms with E-state index in [-0.39, 0.29) is 0 Å². The van der Waals surface area contributed by atoms with Gasteiger partial charge in [0.25, 0.3) is 0 Å². The summed E-state index contributed by atoms with van der Waals surface area (Å²) in [6.07, 6.45) is -4.97. The Bertz CT molecular complexity index is 906. The molecule has 0 aliphatic heterocycles. The van der Waals surface area contributed by atoms with Crippen molar-refractivity contribution in [2.24, 2.45) is 0 Å². The largest absolute Gasteiger partial charge is 0.534 e. The number of rotatable bonds is 3. The van der Waals surface area contributed by atoms with Gasteiger partial charge in [0.05, 0.1) is 0 Å². The number of alkyl halides is 6. The SMILES string of the molecule is CC(=O)c1oc2cc(OS(=O)(=O)C(F)(F)F)ccc2c1C(F)(F)F. The molecule has 0 amide bonds. The smallest absolute Gasteiger partial charge is 0.452 e. The average Bonchev–Trinajstić information content (AvgIpc) is 2.75. The molecule has 24 heavy (non-hydrogen) atoms. The van der Waals surface area contributed by atoms with Gasteiger partial charge in [-0.25, -0.2) is 0 Å². The number of carbonyl (C=O) groups is 1. The lowest BCUT2D eigenvalue weighted by Crippen LogP contribution is -2.28. The van der Waals surface area contributed by atoms with Crippen molar-refractivity contribution in [3.63, 3.8) is 0 Å². The standard InChI is InChI=1S/C12H6F6O5S/c1-5(19)10-9(11(13,14)15)7-3-2-6(4-8(7)22-10)23-24(20,21)12(16,17)18/h2-4H,1H3. The molecule has 0 radical (unpaired) electrons. The molecule has 2 rings (SSSR count). The fraction of sp³-hybridized carbons (Fsp3) is 0.250. The minimum Gasteiger partial charge on any atom is -0.452 e. The predicted octanol–water partition coefficient (Wildman–Crippen LogP) is 3.88. The highest BCUT2D eigenvalue weighted by Crippen LogP contribution is 2.41. The topological polar surface area (TPSA) is 73.6 Å². The Morgan fingerprint density at radius 1 is 1.12 bits per heavy atom. The van der Waals surface area contributed by atoms with E-state index in [4.69, 9.17) is 4.42 Å². The fourth-order valence-corrected chi connectivity index (χ4v) is 2.28. The molecule has 0 fully saturated rings. The van der Waals surface area contributed by atoms with E-state index >= 15 is 0 Å². The van der Waals surface area contributed by atoms with Crippen LogP contribution < -0.4 is 4.18 Å². The Hall–Kier alpha value is -2.24. The summed E-state index contributed by atoms with van der Waals surface area (Å²) >= 11 is 0. The van der Waals surface area contributed by atoms with E-state index in [1.807, 2.05) is 0 Å². The van der Waals surface area contributed by atoms with Crippen LogP contribution in [0.1, 0.15) is 23.0 Å². The zero-order valence-corrected chi connectivity index (χ0v) is 12.3. The van der Waals surface area contributed by atoms with E-state index in [9.17, 15) is 39.6 Å². The first-order valence-corrected chi connectivity index (χ1v) is 7.30. The average molecular weight is 376 g/mol. The second-order valence-corrected chi connectivity index (χ2v) is 6.04. The number of carbonyl (C=O) groups excluding carboxylic acids is 1. The zero-order chi connectivity index (χ0) is 18.5. The van der Waals surface area contributed by atoms with Crippen molar-refractivity contribution in [2.45, 2.75) is 18.6 Å². The van der Waals surface area contributed by atoms with Gasteiger partial charge >= 0.3 is 21.8 Å². The number of Topliss-reactive ketones (excluding diaryl/α,β-unsaturated/α-hetero) is 1. The Morgan fingerprint density at radius 3 is 2.17 bits per heavy atom. The fourth-order valence-electron chi connectivity index (χ4n) is 1.83. The molecule has 0 aliphatic rings. The number of hydrogen-bond donors (Lipinski definition) is 0. The van der Waals surface area contributed by atoms with E-state index in [1.165, 1.54) is 0 Å². The molecule has 1 heterocycles. The first-order chi connectivity index (χ1) is 10.7. The van der Waals surface area contributed by atoms with Crippen LogP contribution in [0.15, 0.2) is 22.6 Å². The van der Waals surface area contributed by atoms with E-state index in [2.05, 4.69) is 4.18 Å². The second kappa shape index (κ2) is 5.40. The van der Waals surface area contributed by atoms with Crippen LogP contribution in [0.3, 0.4) is 0 Å².